The molecule has 0 saturated heterocycles. The number of hydrogen-bond acceptors (Lipinski definition) is 2. The van der Waals surface area contributed by atoms with Gasteiger partial charge in [0, 0.05) is 10.9 Å². The van der Waals surface area contributed by atoms with Gasteiger partial charge in [-0.15, -0.1) is 0 Å². The maximum atomic E-state index is 12.2. The second kappa shape index (κ2) is 5.17. The van der Waals surface area contributed by atoms with Crippen LogP contribution in [0.5, 0.6) is 0 Å². The first kappa shape index (κ1) is 12.4. The lowest BCUT2D eigenvalue weighted by Gasteiger charge is -2.14. The highest BCUT2D eigenvalue weighted by Gasteiger charge is 2.11. The first-order valence-corrected chi connectivity index (χ1v) is 6.53. The highest BCUT2D eigenvalue weighted by atomic mass is 16.1. The van der Waals surface area contributed by atoms with Gasteiger partial charge in [-0.05, 0) is 24.6 Å². The normalized spacial score (nSPS) is 12.2. The fourth-order valence-electron chi connectivity index (χ4n) is 2.18. The average Bonchev–Trinajstić information content (AvgIpc) is 2.95. The summed E-state index contributed by atoms with van der Waals surface area (Å²) in [6.45, 7) is 1.97. The van der Waals surface area contributed by atoms with Crippen LogP contribution in [0.2, 0.25) is 0 Å². The van der Waals surface area contributed by atoms with Crippen molar-refractivity contribution in [2.24, 2.45) is 0 Å². The number of hydrogen-bond donors (Lipinski definition) is 2. The molecule has 100 valence electrons. The van der Waals surface area contributed by atoms with Gasteiger partial charge in [0.2, 0.25) is 0 Å². The van der Waals surface area contributed by atoms with E-state index in [1.165, 1.54) is 0 Å². The Morgan fingerprint density at radius 2 is 2.00 bits per heavy atom. The van der Waals surface area contributed by atoms with E-state index in [1.807, 2.05) is 55.5 Å². The van der Waals surface area contributed by atoms with Crippen LogP contribution in [-0.4, -0.2) is 16.1 Å². The van der Waals surface area contributed by atoms with Crippen molar-refractivity contribution in [2.75, 3.05) is 0 Å². The van der Waals surface area contributed by atoms with Gasteiger partial charge in [0.15, 0.2) is 0 Å². The van der Waals surface area contributed by atoms with Crippen molar-refractivity contribution in [3.8, 4) is 0 Å². The van der Waals surface area contributed by atoms with Gasteiger partial charge in [0.05, 0.1) is 17.8 Å². The SMILES string of the molecule is C[C@@H](NC(=O)c1ccc2cn[nH]c2c1)c1ccccc1. The molecule has 0 aliphatic rings. The number of carbonyl (C=O) groups excluding carboxylic acids is 1. The van der Waals surface area contributed by atoms with Crippen LogP contribution in [0.25, 0.3) is 10.9 Å². The van der Waals surface area contributed by atoms with Gasteiger partial charge in [0.25, 0.3) is 5.91 Å². The Morgan fingerprint density at radius 1 is 1.20 bits per heavy atom. The van der Waals surface area contributed by atoms with Crippen LogP contribution in [0.15, 0.2) is 54.7 Å². The van der Waals surface area contributed by atoms with Crippen molar-refractivity contribution in [2.45, 2.75) is 13.0 Å². The van der Waals surface area contributed by atoms with Crippen LogP contribution < -0.4 is 5.32 Å². The second-order valence-electron chi connectivity index (χ2n) is 4.78. The summed E-state index contributed by atoms with van der Waals surface area (Å²) in [6.07, 6.45) is 1.74. The molecular formula is C16H15N3O. The number of H-pyrrole nitrogens is 1. The molecule has 0 radical (unpaired) electrons. The van der Waals surface area contributed by atoms with E-state index in [2.05, 4.69) is 15.5 Å². The highest BCUT2D eigenvalue weighted by Crippen LogP contribution is 2.15. The molecule has 0 saturated carbocycles. The monoisotopic (exact) mass is 265 g/mol. The number of aromatic amines is 1. The van der Waals surface area contributed by atoms with Gasteiger partial charge in [-0.2, -0.15) is 5.10 Å². The number of nitrogens with zero attached hydrogens (tertiary/aromatic N) is 1. The van der Waals surface area contributed by atoms with Gasteiger partial charge in [-0.25, -0.2) is 0 Å². The third-order valence-corrected chi connectivity index (χ3v) is 3.35. The highest BCUT2D eigenvalue weighted by molar-refractivity contribution is 5.97. The van der Waals surface area contributed by atoms with Crippen molar-refractivity contribution in [1.29, 1.82) is 0 Å². The van der Waals surface area contributed by atoms with Gasteiger partial charge < -0.3 is 5.32 Å². The molecule has 0 unspecified atom stereocenters. The summed E-state index contributed by atoms with van der Waals surface area (Å²) in [5, 5.41) is 10.8. The third kappa shape index (κ3) is 2.40. The predicted octanol–water partition coefficient (Wildman–Crippen LogP) is 3.05. The van der Waals surface area contributed by atoms with E-state index in [9.17, 15) is 4.79 Å². The molecule has 0 aliphatic carbocycles. The second-order valence-corrected chi connectivity index (χ2v) is 4.78. The number of amides is 1. The van der Waals surface area contributed by atoms with Crippen molar-refractivity contribution in [3.63, 3.8) is 0 Å². The van der Waals surface area contributed by atoms with E-state index in [0.717, 1.165) is 16.5 Å². The Hall–Kier alpha value is -2.62. The summed E-state index contributed by atoms with van der Waals surface area (Å²) in [7, 11) is 0. The smallest absolute Gasteiger partial charge is 0.251 e. The first-order chi connectivity index (χ1) is 9.74. The van der Waals surface area contributed by atoms with E-state index in [-0.39, 0.29) is 11.9 Å². The zero-order valence-corrected chi connectivity index (χ0v) is 11.1. The number of fused-ring (bicyclic) bond motifs is 1. The predicted molar refractivity (Wildman–Crippen MR) is 78.4 cm³/mol. The number of benzene rings is 2. The largest absolute Gasteiger partial charge is 0.346 e. The lowest BCUT2D eigenvalue weighted by molar-refractivity contribution is 0.0940. The quantitative estimate of drug-likeness (QED) is 0.764. The summed E-state index contributed by atoms with van der Waals surface area (Å²) in [4.78, 5) is 12.2. The zero-order valence-electron chi connectivity index (χ0n) is 11.1. The van der Waals surface area contributed by atoms with Crippen molar-refractivity contribution >= 4 is 16.8 Å². The maximum Gasteiger partial charge on any atom is 0.251 e. The molecule has 4 heteroatoms. The van der Waals surface area contributed by atoms with Crippen LogP contribution in [0, 0.1) is 0 Å². The lowest BCUT2D eigenvalue weighted by atomic mass is 10.1. The minimum absolute atomic E-state index is 0.0267. The summed E-state index contributed by atoms with van der Waals surface area (Å²) in [5.74, 6) is -0.0853. The molecule has 2 aromatic carbocycles. The van der Waals surface area contributed by atoms with E-state index in [0.29, 0.717) is 5.56 Å². The number of rotatable bonds is 3. The van der Waals surface area contributed by atoms with Crippen LogP contribution in [-0.2, 0) is 0 Å². The molecule has 1 heterocycles. The molecule has 2 N–H and O–H groups in total. The number of carbonyl (C=O) groups is 1. The first-order valence-electron chi connectivity index (χ1n) is 6.53. The number of aromatic nitrogens is 2. The molecule has 0 spiro atoms. The fourth-order valence-corrected chi connectivity index (χ4v) is 2.18. The van der Waals surface area contributed by atoms with Crippen molar-refractivity contribution in [1.82, 2.24) is 15.5 Å². The minimum Gasteiger partial charge on any atom is -0.346 e. The van der Waals surface area contributed by atoms with Gasteiger partial charge in [-0.1, -0.05) is 36.4 Å². The summed E-state index contributed by atoms with van der Waals surface area (Å²) >= 11 is 0. The van der Waals surface area contributed by atoms with E-state index < -0.39 is 0 Å². The van der Waals surface area contributed by atoms with Crippen molar-refractivity contribution in [3.05, 3.63) is 65.9 Å². The molecule has 3 rings (SSSR count). The van der Waals surface area contributed by atoms with Crippen LogP contribution in [0.3, 0.4) is 0 Å². The molecule has 1 amide bonds. The molecule has 20 heavy (non-hydrogen) atoms. The summed E-state index contributed by atoms with van der Waals surface area (Å²) < 4.78 is 0. The van der Waals surface area contributed by atoms with Gasteiger partial charge >= 0.3 is 0 Å². The van der Waals surface area contributed by atoms with Gasteiger partial charge in [-0.3, -0.25) is 9.89 Å². The Kier molecular flexibility index (Phi) is 3.21. The Morgan fingerprint density at radius 3 is 2.80 bits per heavy atom. The number of nitrogens with one attached hydrogen (secondary N) is 2. The van der Waals surface area contributed by atoms with Crippen LogP contribution in [0.1, 0.15) is 28.9 Å². The minimum atomic E-state index is -0.0853. The molecule has 1 atom stereocenters. The standard InChI is InChI=1S/C16H15N3O/c1-11(12-5-3-2-4-6-12)18-16(20)13-7-8-14-10-17-19-15(14)9-13/h2-11H,1H3,(H,17,19)(H,18,20)/t11-/m1/s1. The fraction of sp³-hybridized carbons (Fsp3) is 0.125. The maximum absolute atomic E-state index is 12.2. The molecule has 0 aliphatic heterocycles. The third-order valence-electron chi connectivity index (χ3n) is 3.35. The van der Waals surface area contributed by atoms with Crippen LogP contribution in [0.4, 0.5) is 0 Å². The molecular weight excluding hydrogens is 250 g/mol. The van der Waals surface area contributed by atoms with Crippen LogP contribution >= 0.6 is 0 Å². The molecule has 1 aromatic heterocycles. The van der Waals surface area contributed by atoms with Crippen molar-refractivity contribution < 1.29 is 4.79 Å². The Bertz CT molecular complexity index is 734. The molecule has 3 aromatic rings. The van der Waals surface area contributed by atoms with E-state index in [1.54, 1.807) is 6.20 Å². The van der Waals surface area contributed by atoms with E-state index in [4.69, 9.17) is 0 Å². The lowest BCUT2D eigenvalue weighted by Crippen LogP contribution is -2.26. The topological polar surface area (TPSA) is 57.8 Å². The molecule has 0 fully saturated rings. The Balaban J connectivity index is 1.78. The van der Waals surface area contributed by atoms with Gasteiger partial charge in [0.1, 0.15) is 0 Å². The summed E-state index contributed by atoms with van der Waals surface area (Å²) in [6, 6.07) is 15.4. The molecule has 4 nitrogen and oxygen atoms in total. The average molecular weight is 265 g/mol. The summed E-state index contributed by atoms with van der Waals surface area (Å²) in [5.41, 5.74) is 2.58. The zero-order chi connectivity index (χ0) is 13.9. The molecule has 0 bridgehead atoms. The Labute approximate surface area is 116 Å². The van der Waals surface area contributed by atoms with E-state index >= 15 is 0 Å².